The van der Waals surface area contributed by atoms with E-state index in [2.05, 4.69) is 6.58 Å². The molecule has 1 heterocycles. The fraction of sp³-hybridized carbons (Fsp3) is 0.143. The Morgan fingerprint density at radius 1 is 1.25 bits per heavy atom. The van der Waals surface area contributed by atoms with Crippen LogP contribution < -0.4 is 4.74 Å². The highest BCUT2D eigenvalue weighted by atomic mass is 16.5. The summed E-state index contributed by atoms with van der Waals surface area (Å²) < 4.78 is 10.8. The van der Waals surface area contributed by atoms with Crippen molar-refractivity contribution < 1.29 is 9.15 Å². The molecule has 0 radical (unpaired) electrons. The van der Waals surface area contributed by atoms with E-state index in [0.717, 1.165) is 28.4 Å². The number of aryl methyl sites for hydroxylation is 1. The van der Waals surface area contributed by atoms with Crippen molar-refractivity contribution in [2.75, 3.05) is 7.11 Å². The zero-order valence-corrected chi connectivity index (χ0v) is 9.49. The lowest BCUT2D eigenvalue weighted by Crippen LogP contribution is -1.87. The smallest absolute Gasteiger partial charge is 0.134 e. The largest absolute Gasteiger partial charge is 0.496 e. The molecule has 2 heteroatoms. The summed E-state index contributed by atoms with van der Waals surface area (Å²) >= 11 is 0. The zero-order valence-electron chi connectivity index (χ0n) is 9.49. The maximum atomic E-state index is 5.57. The van der Waals surface area contributed by atoms with Gasteiger partial charge in [0.2, 0.25) is 0 Å². The fourth-order valence-corrected chi connectivity index (χ4v) is 1.64. The van der Waals surface area contributed by atoms with Crippen molar-refractivity contribution in [3.63, 3.8) is 0 Å². The average molecular weight is 214 g/mol. The van der Waals surface area contributed by atoms with Crippen LogP contribution in [-0.4, -0.2) is 7.11 Å². The van der Waals surface area contributed by atoms with Crippen LogP contribution in [0.2, 0.25) is 0 Å². The molecule has 1 aromatic carbocycles. The molecule has 1 aromatic heterocycles. The Morgan fingerprint density at radius 3 is 2.62 bits per heavy atom. The number of hydrogen-bond acceptors (Lipinski definition) is 2. The second-order valence-corrected chi connectivity index (χ2v) is 3.57. The van der Waals surface area contributed by atoms with E-state index >= 15 is 0 Å². The first-order valence-electron chi connectivity index (χ1n) is 5.12. The minimum Gasteiger partial charge on any atom is -0.496 e. The Hall–Kier alpha value is -1.96. The van der Waals surface area contributed by atoms with Gasteiger partial charge in [-0.2, -0.15) is 0 Å². The number of rotatable bonds is 3. The molecule has 0 amide bonds. The molecule has 0 atom stereocenters. The summed E-state index contributed by atoms with van der Waals surface area (Å²) in [7, 11) is 1.65. The van der Waals surface area contributed by atoms with Gasteiger partial charge in [0.1, 0.15) is 17.3 Å². The van der Waals surface area contributed by atoms with Crippen molar-refractivity contribution in [1.82, 2.24) is 0 Å². The Bertz CT molecular complexity index is 509. The van der Waals surface area contributed by atoms with Crippen molar-refractivity contribution in [1.29, 1.82) is 0 Å². The van der Waals surface area contributed by atoms with Crippen molar-refractivity contribution in [2.24, 2.45) is 0 Å². The highest BCUT2D eigenvalue weighted by Gasteiger charge is 2.06. The van der Waals surface area contributed by atoms with Gasteiger partial charge in [0.15, 0.2) is 0 Å². The lowest BCUT2D eigenvalue weighted by molar-refractivity contribution is 0.414. The molecule has 0 saturated heterocycles. The highest BCUT2D eigenvalue weighted by Crippen LogP contribution is 2.28. The minimum absolute atomic E-state index is 0.821. The number of benzene rings is 1. The number of ether oxygens (including phenoxy) is 1. The summed E-state index contributed by atoms with van der Waals surface area (Å²) in [5.41, 5.74) is 2.00. The molecule has 0 aliphatic carbocycles. The molecule has 0 saturated carbocycles. The first-order valence-corrected chi connectivity index (χ1v) is 5.12. The second-order valence-electron chi connectivity index (χ2n) is 3.57. The van der Waals surface area contributed by atoms with Crippen LogP contribution in [0, 0.1) is 6.92 Å². The molecule has 0 aliphatic heterocycles. The van der Waals surface area contributed by atoms with Gasteiger partial charge < -0.3 is 9.15 Å². The molecule has 2 rings (SSSR count). The molecule has 2 aromatic rings. The standard InChI is InChI=1S/C14H14O2/c1-4-11-9-12(6-8-13(11)15-3)14-7-5-10(2)16-14/h4-9H,1H2,2-3H3. The van der Waals surface area contributed by atoms with E-state index < -0.39 is 0 Å². The Balaban J connectivity index is 2.47. The maximum absolute atomic E-state index is 5.57. The third-order valence-electron chi connectivity index (χ3n) is 2.47. The van der Waals surface area contributed by atoms with Gasteiger partial charge in [-0.05, 0) is 37.3 Å². The molecule has 0 bridgehead atoms. The van der Waals surface area contributed by atoms with Gasteiger partial charge in [-0.1, -0.05) is 12.7 Å². The van der Waals surface area contributed by atoms with Crippen LogP contribution in [0.15, 0.2) is 41.3 Å². The highest BCUT2D eigenvalue weighted by molar-refractivity contribution is 5.67. The molecule has 0 unspecified atom stereocenters. The molecule has 2 nitrogen and oxygen atoms in total. The van der Waals surface area contributed by atoms with Crippen LogP contribution in [-0.2, 0) is 0 Å². The Morgan fingerprint density at radius 2 is 2.06 bits per heavy atom. The van der Waals surface area contributed by atoms with Crippen LogP contribution >= 0.6 is 0 Å². The van der Waals surface area contributed by atoms with E-state index in [1.807, 2.05) is 37.3 Å². The Labute approximate surface area is 95.2 Å². The quantitative estimate of drug-likeness (QED) is 0.773. The molecule has 0 spiro atoms. The molecular formula is C14H14O2. The summed E-state index contributed by atoms with van der Waals surface area (Å²) in [6.07, 6.45) is 1.78. The van der Waals surface area contributed by atoms with E-state index in [1.54, 1.807) is 13.2 Å². The minimum atomic E-state index is 0.821. The molecule has 16 heavy (non-hydrogen) atoms. The number of methoxy groups -OCH3 is 1. The molecular weight excluding hydrogens is 200 g/mol. The lowest BCUT2D eigenvalue weighted by Gasteiger charge is -2.06. The van der Waals surface area contributed by atoms with E-state index in [0.29, 0.717) is 0 Å². The van der Waals surface area contributed by atoms with Crippen molar-refractivity contribution in [3.05, 3.63) is 48.2 Å². The van der Waals surface area contributed by atoms with Gasteiger partial charge in [-0.25, -0.2) is 0 Å². The Kier molecular flexibility index (Phi) is 2.82. The van der Waals surface area contributed by atoms with E-state index in [-0.39, 0.29) is 0 Å². The maximum Gasteiger partial charge on any atom is 0.134 e. The molecule has 82 valence electrons. The SMILES string of the molecule is C=Cc1cc(-c2ccc(C)o2)ccc1OC. The average Bonchev–Trinajstić information content (AvgIpc) is 2.75. The fourth-order valence-electron chi connectivity index (χ4n) is 1.64. The van der Waals surface area contributed by atoms with E-state index in [4.69, 9.17) is 9.15 Å². The molecule has 0 aliphatic rings. The summed E-state index contributed by atoms with van der Waals surface area (Å²) in [6.45, 7) is 5.70. The lowest BCUT2D eigenvalue weighted by atomic mass is 10.1. The zero-order chi connectivity index (χ0) is 11.5. The van der Waals surface area contributed by atoms with Crippen molar-refractivity contribution >= 4 is 6.08 Å². The first kappa shape index (κ1) is 10.6. The first-order chi connectivity index (χ1) is 7.74. The molecule has 0 fully saturated rings. The van der Waals surface area contributed by atoms with Gasteiger partial charge in [-0.15, -0.1) is 0 Å². The van der Waals surface area contributed by atoms with Gasteiger partial charge in [-0.3, -0.25) is 0 Å². The van der Waals surface area contributed by atoms with Crippen molar-refractivity contribution in [3.8, 4) is 17.1 Å². The van der Waals surface area contributed by atoms with Crippen LogP contribution in [0.4, 0.5) is 0 Å². The van der Waals surface area contributed by atoms with Gasteiger partial charge >= 0.3 is 0 Å². The van der Waals surface area contributed by atoms with Crippen LogP contribution in [0.25, 0.3) is 17.4 Å². The summed E-state index contributed by atoms with van der Waals surface area (Å²) in [4.78, 5) is 0. The predicted octanol–water partition coefficient (Wildman–Crippen LogP) is 3.91. The number of hydrogen-bond donors (Lipinski definition) is 0. The number of furan rings is 1. The van der Waals surface area contributed by atoms with Gasteiger partial charge in [0, 0.05) is 11.1 Å². The summed E-state index contributed by atoms with van der Waals surface area (Å²) in [6, 6.07) is 9.82. The van der Waals surface area contributed by atoms with Crippen molar-refractivity contribution in [2.45, 2.75) is 6.92 Å². The second kappa shape index (κ2) is 4.27. The summed E-state index contributed by atoms with van der Waals surface area (Å²) in [5.74, 6) is 2.59. The van der Waals surface area contributed by atoms with E-state index in [1.165, 1.54) is 0 Å². The third kappa shape index (κ3) is 1.87. The van der Waals surface area contributed by atoms with Crippen LogP contribution in [0.5, 0.6) is 5.75 Å². The normalized spacial score (nSPS) is 10.1. The van der Waals surface area contributed by atoms with E-state index in [9.17, 15) is 0 Å². The van der Waals surface area contributed by atoms with Gasteiger partial charge in [0.25, 0.3) is 0 Å². The predicted molar refractivity (Wildman–Crippen MR) is 65.5 cm³/mol. The van der Waals surface area contributed by atoms with Crippen LogP contribution in [0.3, 0.4) is 0 Å². The monoisotopic (exact) mass is 214 g/mol. The summed E-state index contributed by atoms with van der Waals surface area (Å²) in [5, 5.41) is 0. The van der Waals surface area contributed by atoms with Crippen LogP contribution in [0.1, 0.15) is 11.3 Å². The topological polar surface area (TPSA) is 22.4 Å². The molecule has 0 N–H and O–H groups in total. The third-order valence-corrected chi connectivity index (χ3v) is 2.47. The van der Waals surface area contributed by atoms with Gasteiger partial charge in [0.05, 0.1) is 7.11 Å².